The molecular weight excluding hydrogens is 350 g/mol. The van der Waals surface area contributed by atoms with Gasteiger partial charge in [0.1, 0.15) is 24.5 Å². The number of benzene rings is 1. The molecule has 1 aromatic heterocycles. The van der Waals surface area contributed by atoms with Gasteiger partial charge in [0.2, 0.25) is 0 Å². The quantitative estimate of drug-likeness (QED) is 0.692. The van der Waals surface area contributed by atoms with Crippen molar-refractivity contribution in [2.45, 2.75) is 6.10 Å². The van der Waals surface area contributed by atoms with Crippen molar-refractivity contribution in [2.75, 3.05) is 18.1 Å². The molecule has 1 aromatic carbocycles. The maximum absolute atomic E-state index is 11.9. The van der Waals surface area contributed by atoms with Crippen LogP contribution in [0.5, 0.6) is 5.75 Å². The number of nitriles is 1. The number of hydrogen-bond acceptors (Lipinski definition) is 7. The van der Waals surface area contributed by atoms with Crippen molar-refractivity contribution < 1.29 is 19.7 Å². The van der Waals surface area contributed by atoms with Crippen LogP contribution in [0.4, 0.5) is 16.3 Å². The van der Waals surface area contributed by atoms with Gasteiger partial charge in [-0.05, 0) is 18.2 Å². The molecule has 25 heavy (non-hydrogen) atoms. The highest BCUT2D eigenvalue weighted by atomic mass is 35.5. The molecule has 0 saturated carbocycles. The van der Waals surface area contributed by atoms with Crippen molar-refractivity contribution in [2.24, 2.45) is 5.73 Å². The number of aliphatic hydroxyl groups is 2. The third-order valence-corrected chi connectivity index (χ3v) is 3.24. The van der Waals surface area contributed by atoms with Gasteiger partial charge < -0.3 is 20.7 Å². The molecule has 2 amide bonds. The van der Waals surface area contributed by atoms with Gasteiger partial charge in [-0.2, -0.15) is 5.26 Å². The lowest BCUT2D eigenvalue weighted by atomic mass is 10.2. The van der Waals surface area contributed by atoms with Gasteiger partial charge >= 0.3 is 6.03 Å². The number of nitrogens with zero attached hydrogens (tertiary/aromatic N) is 4. The monoisotopic (exact) mass is 363 g/mol. The first-order valence-corrected chi connectivity index (χ1v) is 7.37. The number of ether oxygens (including phenoxy) is 1. The topological polar surface area (TPSA) is 146 Å². The normalized spacial score (nSPS) is 11.4. The summed E-state index contributed by atoms with van der Waals surface area (Å²) in [6.45, 7) is -0.694. The molecule has 0 bridgehead atoms. The number of hydrogen-bond donors (Lipinski definition) is 3. The maximum Gasteiger partial charge on any atom is 0.325 e. The lowest BCUT2D eigenvalue weighted by Crippen LogP contribution is -2.33. The summed E-state index contributed by atoms with van der Waals surface area (Å²) in [5, 5.41) is 27.4. The van der Waals surface area contributed by atoms with E-state index in [1.165, 1.54) is 30.6 Å². The van der Waals surface area contributed by atoms with Crippen LogP contribution in [0.1, 0.15) is 5.69 Å². The number of urea groups is 1. The zero-order valence-corrected chi connectivity index (χ0v) is 13.6. The number of rotatable bonds is 6. The molecule has 0 aliphatic rings. The second-order valence-electron chi connectivity index (χ2n) is 4.80. The molecule has 0 unspecified atom stereocenters. The molecule has 9 nitrogen and oxygen atoms in total. The van der Waals surface area contributed by atoms with E-state index in [4.69, 9.17) is 32.4 Å². The second-order valence-corrected chi connectivity index (χ2v) is 5.24. The highest BCUT2D eigenvalue weighted by Crippen LogP contribution is 2.35. The average Bonchev–Trinajstić information content (AvgIpc) is 2.61. The molecule has 0 fully saturated rings. The van der Waals surface area contributed by atoms with Gasteiger partial charge in [-0.3, -0.25) is 0 Å². The Morgan fingerprint density at radius 1 is 1.44 bits per heavy atom. The second kappa shape index (κ2) is 8.25. The van der Waals surface area contributed by atoms with E-state index < -0.39 is 18.7 Å². The third kappa shape index (κ3) is 4.54. The number of nitrogens with two attached hydrogens (primary N) is 1. The van der Waals surface area contributed by atoms with E-state index in [9.17, 15) is 9.90 Å². The number of carbonyl (C=O) groups is 1. The highest BCUT2D eigenvalue weighted by molar-refractivity contribution is 6.31. The molecule has 0 aliphatic heterocycles. The van der Waals surface area contributed by atoms with Crippen LogP contribution in [0.3, 0.4) is 0 Å². The number of amides is 2. The fourth-order valence-corrected chi connectivity index (χ4v) is 2.04. The number of carbonyl (C=O) groups excluding carboxylic acids is 1. The molecule has 2 rings (SSSR count). The fourth-order valence-electron chi connectivity index (χ4n) is 1.88. The maximum atomic E-state index is 11.9. The predicted octanol–water partition coefficient (Wildman–Crippen LogP) is 0.950. The molecular formula is C15H14ClN5O4. The van der Waals surface area contributed by atoms with Gasteiger partial charge in [-0.15, -0.1) is 0 Å². The van der Waals surface area contributed by atoms with Gasteiger partial charge in [0, 0.05) is 5.02 Å². The Morgan fingerprint density at radius 3 is 2.76 bits per heavy atom. The van der Waals surface area contributed by atoms with Gasteiger partial charge in [-0.25, -0.2) is 19.7 Å². The van der Waals surface area contributed by atoms with Gasteiger partial charge in [0.15, 0.2) is 11.5 Å². The van der Waals surface area contributed by atoms with E-state index in [2.05, 4.69) is 9.97 Å². The molecule has 1 atom stereocenters. The third-order valence-electron chi connectivity index (χ3n) is 3.01. The summed E-state index contributed by atoms with van der Waals surface area (Å²) in [5.41, 5.74) is 5.68. The largest absolute Gasteiger partial charge is 0.489 e. The first-order valence-electron chi connectivity index (χ1n) is 6.99. The zero-order chi connectivity index (χ0) is 18.4. The Morgan fingerprint density at radius 2 is 2.20 bits per heavy atom. The van der Waals surface area contributed by atoms with Crippen LogP contribution in [0.2, 0.25) is 5.02 Å². The molecule has 0 aliphatic carbocycles. The highest BCUT2D eigenvalue weighted by Gasteiger charge is 2.22. The summed E-state index contributed by atoms with van der Waals surface area (Å²) < 4.78 is 5.42. The summed E-state index contributed by atoms with van der Waals surface area (Å²) in [4.78, 5) is 20.8. The Balaban J connectivity index is 2.44. The minimum atomic E-state index is -1.10. The van der Waals surface area contributed by atoms with Crippen molar-refractivity contribution in [3.63, 3.8) is 0 Å². The van der Waals surface area contributed by atoms with Crippen LogP contribution >= 0.6 is 11.6 Å². The van der Waals surface area contributed by atoms with Crippen molar-refractivity contribution in [1.82, 2.24) is 9.97 Å². The Kier molecular flexibility index (Phi) is 6.08. The summed E-state index contributed by atoms with van der Waals surface area (Å²) in [5.74, 6) is 0.239. The standard InChI is InChI=1S/C15H14ClN5O4/c16-9-1-2-13(25-8-11(23)7-22)12(3-9)21(15(18)24)14-6-19-10(4-17)5-20-14/h1-3,5-6,11,22-23H,7-8H2,(H2,18,24)/t11-/m1/s1. The first kappa shape index (κ1) is 18.4. The molecule has 0 spiro atoms. The number of anilines is 2. The van der Waals surface area contributed by atoms with Crippen LogP contribution in [0.25, 0.3) is 0 Å². The first-order chi connectivity index (χ1) is 12.0. The summed E-state index contributed by atoms with van der Waals surface area (Å²) in [6.07, 6.45) is 1.29. The van der Waals surface area contributed by atoms with E-state index in [1.54, 1.807) is 0 Å². The van der Waals surface area contributed by atoms with E-state index >= 15 is 0 Å². The SMILES string of the molecule is N#Cc1cnc(N(C(N)=O)c2cc(Cl)ccc2OC[C@H](O)CO)cn1. The van der Waals surface area contributed by atoms with E-state index in [0.717, 1.165) is 4.90 Å². The average molecular weight is 364 g/mol. The van der Waals surface area contributed by atoms with Gasteiger partial charge in [0.25, 0.3) is 0 Å². The zero-order valence-electron chi connectivity index (χ0n) is 12.8. The van der Waals surface area contributed by atoms with Crippen LogP contribution in [-0.4, -0.2) is 45.5 Å². The van der Waals surface area contributed by atoms with Crippen molar-refractivity contribution in [3.05, 3.63) is 41.3 Å². The summed E-state index contributed by atoms with van der Waals surface area (Å²) in [7, 11) is 0. The van der Waals surface area contributed by atoms with Crippen LogP contribution in [-0.2, 0) is 0 Å². The molecule has 10 heteroatoms. The predicted molar refractivity (Wildman–Crippen MR) is 88.5 cm³/mol. The van der Waals surface area contributed by atoms with Crippen molar-refractivity contribution in [1.29, 1.82) is 5.26 Å². The van der Waals surface area contributed by atoms with E-state index in [-0.39, 0.29) is 29.6 Å². The Hall–Kier alpha value is -2.93. The summed E-state index contributed by atoms with van der Waals surface area (Å²) in [6, 6.07) is 5.36. The Labute approximate surface area is 147 Å². The van der Waals surface area contributed by atoms with Gasteiger partial charge in [0.05, 0.1) is 24.7 Å². The van der Waals surface area contributed by atoms with Crippen LogP contribution in [0.15, 0.2) is 30.6 Å². The molecule has 0 radical (unpaired) electrons. The van der Waals surface area contributed by atoms with E-state index in [1.807, 2.05) is 6.07 Å². The molecule has 2 aromatic rings. The minimum Gasteiger partial charge on any atom is -0.489 e. The van der Waals surface area contributed by atoms with Crippen molar-refractivity contribution >= 4 is 29.1 Å². The molecule has 4 N–H and O–H groups in total. The van der Waals surface area contributed by atoms with Crippen LogP contribution in [0, 0.1) is 11.3 Å². The molecule has 0 saturated heterocycles. The molecule has 130 valence electrons. The van der Waals surface area contributed by atoms with Crippen molar-refractivity contribution in [3.8, 4) is 11.8 Å². The lowest BCUT2D eigenvalue weighted by Gasteiger charge is -2.22. The number of halogens is 1. The smallest absolute Gasteiger partial charge is 0.325 e. The molecule has 1 heterocycles. The van der Waals surface area contributed by atoms with Gasteiger partial charge in [-0.1, -0.05) is 11.6 Å². The lowest BCUT2D eigenvalue weighted by molar-refractivity contribution is 0.0538. The Bertz CT molecular complexity index is 793. The number of aromatic nitrogens is 2. The number of primary amides is 1. The minimum absolute atomic E-state index is 0.0568. The number of aliphatic hydroxyl groups excluding tert-OH is 2. The fraction of sp³-hybridized carbons (Fsp3) is 0.200. The summed E-state index contributed by atoms with van der Waals surface area (Å²) >= 11 is 5.99. The van der Waals surface area contributed by atoms with Crippen LogP contribution < -0.4 is 15.4 Å². The van der Waals surface area contributed by atoms with E-state index in [0.29, 0.717) is 5.02 Å².